The molecule has 1 saturated heterocycles. The van der Waals surface area contributed by atoms with Crippen molar-refractivity contribution in [2.45, 2.75) is 32.2 Å². The highest BCUT2D eigenvalue weighted by Gasteiger charge is 2.31. The Morgan fingerprint density at radius 1 is 1.71 bits per heavy atom. The van der Waals surface area contributed by atoms with Crippen LogP contribution < -0.4 is 5.73 Å². The predicted octanol–water partition coefficient (Wildman–Crippen LogP) is 1.13. The lowest BCUT2D eigenvalue weighted by Gasteiger charge is -2.38. The van der Waals surface area contributed by atoms with Crippen molar-refractivity contribution >= 4 is 17.4 Å². The third-order valence-electron chi connectivity index (χ3n) is 3.51. The van der Waals surface area contributed by atoms with E-state index in [0.29, 0.717) is 17.3 Å². The Morgan fingerprint density at radius 2 is 2.53 bits per heavy atom. The highest BCUT2D eigenvalue weighted by atomic mass is 32.1. The molecule has 1 aliphatic rings. The first-order valence-corrected chi connectivity index (χ1v) is 6.82. The fourth-order valence-corrected chi connectivity index (χ4v) is 2.87. The Labute approximate surface area is 105 Å². The van der Waals surface area contributed by atoms with Crippen LogP contribution in [-0.2, 0) is 0 Å². The second-order valence-corrected chi connectivity index (χ2v) is 5.25. The zero-order valence-corrected chi connectivity index (χ0v) is 10.8. The van der Waals surface area contributed by atoms with Crippen LogP contribution in [-0.4, -0.2) is 39.5 Å². The molecule has 1 aromatic rings. The van der Waals surface area contributed by atoms with Crippen molar-refractivity contribution in [1.82, 2.24) is 14.5 Å². The van der Waals surface area contributed by atoms with Crippen molar-refractivity contribution in [1.29, 1.82) is 0 Å². The number of carbonyl (C=O) groups excluding carboxylic acids is 1. The van der Waals surface area contributed by atoms with Crippen LogP contribution in [0.3, 0.4) is 0 Å². The number of hydrogen-bond donors (Lipinski definition) is 1. The first-order chi connectivity index (χ1) is 8.26. The molecule has 1 aliphatic heterocycles. The number of rotatable bonds is 3. The van der Waals surface area contributed by atoms with E-state index >= 15 is 0 Å². The normalized spacial score (nSPS) is 24.9. The van der Waals surface area contributed by atoms with Gasteiger partial charge in [-0.05, 0) is 30.3 Å². The summed E-state index contributed by atoms with van der Waals surface area (Å²) in [6.07, 6.45) is 4.79. The van der Waals surface area contributed by atoms with Gasteiger partial charge in [-0.2, -0.15) is 0 Å². The Kier molecular flexibility index (Phi) is 4.06. The average Bonchev–Trinajstić information content (AvgIpc) is 2.91. The zero-order chi connectivity index (χ0) is 12.3. The number of nitrogens with two attached hydrogens (primary N) is 1. The first-order valence-electron chi connectivity index (χ1n) is 6.04. The van der Waals surface area contributed by atoms with Gasteiger partial charge in [-0.25, -0.2) is 0 Å². The Hall–Kier alpha value is -1.01. The largest absolute Gasteiger partial charge is 0.334 e. The lowest BCUT2D eigenvalue weighted by Crippen LogP contribution is -2.49. The molecule has 1 fully saturated rings. The quantitative estimate of drug-likeness (QED) is 0.877. The summed E-state index contributed by atoms with van der Waals surface area (Å²) in [5, 5.41) is 3.71. The monoisotopic (exact) mass is 254 g/mol. The third kappa shape index (κ3) is 2.63. The molecule has 0 bridgehead atoms. The second kappa shape index (κ2) is 5.55. The van der Waals surface area contributed by atoms with Gasteiger partial charge in [0.05, 0.1) is 6.20 Å². The standard InChI is InChI=1S/C11H18N4OS/c1-2-8-3-4-15(9(5-8)6-12)11(16)10-7-13-14-17-10/h7-9H,2-6,12H2,1H3. The van der Waals surface area contributed by atoms with E-state index in [-0.39, 0.29) is 11.9 Å². The van der Waals surface area contributed by atoms with Crippen LogP contribution in [0.15, 0.2) is 6.20 Å². The second-order valence-electron chi connectivity index (χ2n) is 4.47. The maximum absolute atomic E-state index is 12.2. The average molecular weight is 254 g/mol. The molecule has 6 heteroatoms. The maximum Gasteiger partial charge on any atom is 0.267 e. The molecule has 17 heavy (non-hydrogen) atoms. The summed E-state index contributed by atoms with van der Waals surface area (Å²) in [6.45, 7) is 3.54. The molecule has 94 valence electrons. The molecule has 2 atom stereocenters. The van der Waals surface area contributed by atoms with Crippen molar-refractivity contribution in [2.75, 3.05) is 13.1 Å². The summed E-state index contributed by atoms with van der Waals surface area (Å²) in [7, 11) is 0. The maximum atomic E-state index is 12.2. The van der Waals surface area contributed by atoms with Crippen molar-refractivity contribution in [3.8, 4) is 0 Å². The van der Waals surface area contributed by atoms with Gasteiger partial charge >= 0.3 is 0 Å². The van der Waals surface area contributed by atoms with Gasteiger partial charge in [0.1, 0.15) is 4.88 Å². The molecule has 1 aromatic heterocycles. The van der Waals surface area contributed by atoms with Gasteiger partial charge in [-0.1, -0.05) is 17.8 Å². The SMILES string of the molecule is CCC1CCN(C(=O)c2cnns2)C(CN)C1. The summed E-state index contributed by atoms with van der Waals surface area (Å²) in [6, 6.07) is 0.170. The van der Waals surface area contributed by atoms with Crippen LogP contribution in [0.25, 0.3) is 0 Å². The molecule has 1 amide bonds. The number of likely N-dealkylation sites (tertiary alicyclic amines) is 1. The minimum absolute atomic E-state index is 0.0324. The van der Waals surface area contributed by atoms with E-state index in [1.807, 2.05) is 4.90 Å². The molecular formula is C11H18N4OS. The van der Waals surface area contributed by atoms with E-state index in [9.17, 15) is 4.79 Å². The van der Waals surface area contributed by atoms with Crippen LogP contribution in [0.2, 0.25) is 0 Å². The van der Waals surface area contributed by atoms with Crippen molar-refractivity contribution in [2.24, 2.45) is 11.7 Å². The van der Waals surface area contributed by atoms with Crippen molar-refractivity contribution < 1.29 is 4.79 Å². The zero-order valence-electron chi connectivity index (χ0n) is 10.0. The number of piperidine rings is 1. The molecule has 0 saturated carbocycles. The minimum Gasteiger partial charge on any atom is -0.334 e. The highest BCUT2D eigenvalue weighted by molar-refractivity contribution is 7.07. The van der Waals surface area contributed by atoms with Crippen LogP contribution >= 0.6 is 11.5 Å². The summed E-state index contributed by atoms with van der Waals surface area (Å²) in [5.74, 6) is 0.734. The number of hydrogen-bond acceptors (Lipinski definition) is 5. The Bertz CT molecular complexity index is 368. The number of amides is 1. The summed E-state index contributed by atoms with van der Waals surface area (Å²) in [5.41, 5.74) is 5.78. The van der Waals surface area contributed by atoms with Crippen molar-refractivity contribution in [3.63, 3.8) is 0 Å². The topological polar surface area (TPSA) is 72.1 Å². The van der Waals surface area contributed by atoms with Gasteiger partial charge in [0.25, 0.3) is 5.91 Å². The molecule has 2 rings (SSSR count). The molecule has 2 N–H and O–H groups in total. The predicted molar refractivity (Wildman–Crippen MR) is 66.8 cm³/mol. The number of aromatic nitrogens is 2. The number of nitrogens with zero attached hydrogens (tertiary/aromatic N) is 3. The minimum atomic E-state index is 0.0324. The van der Waals surface area contributed by atoms with Crippen LogP contribution in [0.1, 0.15) is 35.9 Å². The third-order valence-corrected chi connectivity index (χ3v) is 4.16. The molecule has 2 heterocycles. The van der Waals surface area contributed by atoms with Gasteiger partial charge in [0.2, 0.25) is 0 Å². The van der Waals surface area contributed by atoms with E-state index in [4.69, 9.17) is 5.73 Å². The van der Waals surface area contributed by atoms with E-state index in [2.05, 4.69) is 16.5 Å². The van der Waals surface area contributed by atoms with E-state index in [1.165, 1.54) is 12.6 Å². The fraction of sp³-hybridized carbons (Fsp3) is 0.727. The van der Waals surface area contributed by atoms with Gasteiger partial charge in [0.15, 0.2) is 0 Å². The van der Waals surface area contributed by atoms with Gasteiger partial charge in [0, 0.05) is 19.1 Å². The summed E-state index contributed by atoms with van der Waals surface area (Å²) in [4.78, 5) is 14.7. The van der Waals surface area contributed by atoms with Crippen molar-refractivity contribution in [3.05, 3.63) is 11.1 Å². The molecule has 2 unspecified atom stereocenters. The lowest BCUT2D eigenvalue weighted by atomic mass is 9.89. The number of carbonyl (C=O) groups is 1. The Balaban J connectivity index is 2.07. The van der Waals surface area contributed by atoms with Crippen LogP contribution in [0, 0.1) is 5.92 Å². The van der Waals surface area contributed by atoms with Crippen LogP contribution in [0.4, 0.5) is 0 Å². The molecule has 0 radical (unpaired) electrons. The van der Waals surface area contributed by atoms with E-state index in [1.54, 1.807) is 0 Å². The smallest absolute Gasteiger partial charge is 0.267 e. The lowest BCUT2D eigenvalue weighted by molar-refractivity contribution is 0.0563. The van der Waals surface area contributed by atoms with E-state index < -0.39 is 0 Å². The molecule has 5 nitrogen and oxygen atoms in total. The first kappa shape index (κ1) is 12.4. The van der Waals surface area contributed by atoms with Crippen LogP contribution in [0.5, 0.6) is 0 Å². The molecule has 0 aromatic carbocycles. The van der Waals surface area contributed by atoms with Gasteiger partial charge < -0.3 is 10.6 Å². The molecule has 0 aliphatic carbocycles. The summed E-state index contributed by atoms with van der Waals surface area (Å²) >= 11 is 1.15. The molecular weight excluding hydrogens is 236 g/mol. The Morgan fingerprint density at radius 3 is 3.12 bits per heavy atom. The van der Waals surface area contributed by atoms with Gasteiger partial charge in [-0.15, -0.1) is 5.10 Å². The molecule has 0 spiro atoms. The van der Waals surface area contributed by atoms with Gasteiger partial charge in [-0.3, -0.25) is 4.79 Å². The summed E-state index contributed by atoms with van der Waals surface area (Å²) < 4.78 is 3.73. The van der Waals surface area contributed by atoms with E-state index in [0.717, 1.165) is 30.9 Å². The fourth-order valence-electron chi connectivity index (χ4n) is 2.40. The highest BCUT2D eigenvalue weighted by Crippen LogP contribution is 2.26.